The number of benzene rings is 1. The van der Waals surface area contributed by atoms with E-state index >= 15 is 0 Å². The largest absolute Gasteiger partial charge is 1.00 e. The van der Waals surface area contributed by atoms with E-state index in [9.17, 15) is 0 Å². The molecular weight excluding hydrogens is 377 g/mol. The van der Waals surface area contributed by atoms with Gasteiger partial charge in [-0.25, -0.2) is 4.89 Å². The minimum Gasteiger partial charge on any atom is -1.00 e. The number of nitrogens with one attached hydrogen (secondary N) is 1. The molecule has 0 radical (unpaired) electrons. The van der Waals surface area contributed by atoms with Crippen LogP contribution in [0.2, 0.25) is 0 Å². The Morgan fingerprint density at radius 1 is 1.11 bits per heavy atom. The van der Waals surface area contributed by atoms with Crippen molar-refractivity contribution in [3.63, 3.8) is 0 Å². The van der Waals surface area contributed by atoms with Crippen molar-refractivity contribution in [2.75, 3.05) is 39.2 Å². The summed E-state index contributed by atoms with van der Waals surface area (Å²) in [5.74, 6) is 1.86. The molecule has 3 N–H and O–H groups in total. The molecule has 1 aromatic carbocycles. The summed E-state index contributed by atoms with van der Waals surface area (Å²) in [6, 6.07) is 10.4. The summed E-state index contributed by atoms with van der Waals surface area (Å²) in [6.45, 7) is 4.98. The maximum Gasteiger partial charge on any atom is 1.00 e. The Bertz CT molecular complexity index is 388. The maximum atomic E-state index is 7.91. The Balaban J connectivity index is -0.000000377. The molecule has 6 nitrogen and oxygen atoms in total. The van der Waals surface area contributed by atoms with Gasteiger partial charge in [-0.15, -0.1) is 4.33 Å². The standard InChI is InChI=1S/C10H14O3S.C6H13N.C3H8O2.Na.H/c1-11-12-13-14-9-5-8-10-6-3-2-4-7-10;1-6-2-4-7-5-3-6;4-2-1-3-5;;/h2-4,6-7H,5,8-9H2,1H3;6-7H,2-5H2,1H3;4-5H,1-3H2;;/q;;;+1;-1. The fourth-order valence-electron chi connectivity index (χ4n) is 2.10. The van der Waals surface area contributed by atoms with E-state index in [1.165, 1.54) is 50.6 Å². The molecule has 1 aliphatic rings. The van der Waals surface area contributed by atoms with Crippen LogP contribution < -0.4 is 34.9 Å². The second-order valence-electron chi connectivity index (χ2n) is 5.95. The van der Waals surface area contributed by atoms with Crippen LogP contribution in [0, 0.1) is 5.92 Å². The Morgan fingerprint density at radius 2 is 1.74 bits per heavy atom. The zero-order valence-corrected chi connectivity index (χ0v) is 19.9. The molecule has 0 bridgehead atoms. The van der Waals surface area contributed by atoms with Crippen molar-refractivity contribution in [3.8, 4) is 0 Å². The molecule has 1 aliphatic heterocycles. The molecule has 1 saturated heterocycles. The Kier molecular flexibility index (Phi) is 26.7. The normalized spacial score (nSPS) is 13.5. The number of rotatable bonds is 9. The zero-order valence-electron chi connectivity index (χ0n) is 18.1. The van der Waals surface area contributed by atoms with Crippen LogP contribution in [0.3, 0.4) is 0 Å². The minimum atomic E-state index is 0. The summed E-state index contributed by atoms with van der Waals surface area (Å²) in [6.07, 6.45) is 5.37. The Labute approximate surface area is 192 Å². The number of hydrogen-bond acceptors (Lipinski definition) is 7. The first kappa shape index (κ1) is 29.5. The van der Waals surface area contributed by atoms with Gasteiger partial charge in [-0.3, -0.25) is 0 Å². The fraction of sp³-hybridized carbons (Fsp3) is 0.684. The predicted molar refractivity (Wildman–Crippen MR) is 108 cm³/mol. The van der Waals surface area contributed by atoms with Gasteiger partial charge in [-0.05, 0) is 56.7 Å². The van der Waals surface area contributed by atoms with E-state index in [4.69, 9.17) is 10.2 Å². The Morgan fingerprint density at radius 3 is 2.19 bits per heavy atom. The average molecular weight is 414 g/mol. The van der Waals surface area contributed by atoms with Crippen LogP contribution in [0.15, 0.2) is 30.3 Å². The van der Waals surface area contributed by atoms with Crippen LogP contribution in [0.1, 0.15) is 39.6 Å². The van der Waals surface area contributed by atoms with Gasteiger partial charge < -0.3 is 17.0 Å². The first-order valence-electron chi connectivity index (χ1n) is 9.19. The Hall–Kier alpha value is 0.330. The third-order valence-corrected chi connectivity index (χ3v) is 4.23. The summed E-state index contributed by atoms with van der Waals surface area (Å²) >= 11 is 1.25. The maximum absolute atomic E-state index is 7.91. The van der Waals surface area contributed by atoms with Crippen molar-refractivity contribution in [1.82, 2.24) is 5.32 Å². The van der Waals surface area contributed by atoms with Crippen LogP contribution in [0.25, 0.3) is 0 Å². The van der Waals surface area contributed by atoms with Gasteiger partial charge in [0, 0.05) is 31.0 Å². The quantitative estimate of drug-likeness (QED) is 0.176. The van der Waals surface area contributed by atoms with E-state index in [-0.39, 0.29) is 44.2 Å². The molecule has 1 fully saturated rings. The van der Waals surface area contributed by atoms with Gasteiger partial charge in [-0.2, -0.15) is 0 Å². The van der Waals surface area contributed by atoms with Gasteiger partial charge in [0.1, 0.15) is 0 Å². The third kappa shape index (κ3) is 22.5. The van der Waals surface area contributed by atoms with Crippen molar-refractivity contribution < 1.29 is 55.5 Å². The van der Waals surface area contributed by atoms with E-state index in [2.05, 4.69) is 38.6 Å². The number of aliphatic hydroxyl groups is 2. The van der Waals surface area contributed by atoms with Crippen LogP contribution >= 0.6 is 12.0 Å². The number of hydrogen-bond donors (Lipinski definition) is 3. The smallest absolute Gasteiger partial charge is 1.00 e. The minimum absolute atomic E-state index is 0. The molecule has 154 valence electrons. The summed E-state index contributed by atoms with van der Waals surface area (Å²) in [4.78, 5) is 4.26. The van der Waals surface area contributed by atoms with Crippen LogP contribution in [0.5, 0.6) is 0 Å². The molecule has 0 aromatic heterocycles. The molecule has 0 saturated carbocycles. The van der Waals surface area contributed by atoms with E-state index < -0.39 is 0 Å². The molecule has 0 atom stereocenters. The van der Waals surface area contributed by atoms with Crippen LogP contribution in [-0.2, 0) is 20.7 Å². The number of aryl methyl sites for hydroxylation is 1. The van der Waals surface area contributed by atoms with E-state index in [1.54, 1.807) is 0 Å². The molecule has 8 heteroatoms. The number of aliphatic hydroxyl groups excluding tert-OH is 2. The zero-order chi connectivity index (χ0) is 19.3. The van der Waals surface area contributed by atoms with Gasteiger partial charge in [0.05, 0.1) is 7.11 Å². The molecule has 0 amide bonds. The van der Waals surface area contributed by atoms with Crippen LogP contribution in [-0.4, -0.2) is 49.4 Å². The topological polar surface area (TPSA) is 80.2 Å². The monoisotopic (exact) mass is 413 g/mol. The third-order valence-electron chi connectivity index (χ3n) is 3.62. The first-order valence-corrected chi connectivity index (χ1v) is 10.1. The second-order valence-corrected chi connectivity index (χ2v) is 6.73. The molecular formula is C19H36NNaO5S. The second kappa shape index (κ2) is 24.4. The van der Waals surface area contributed by atoms with Crippen molar-refractivity contribution in [2.24, 2.45) is 5.92 Å². The summed E-state index contributed by atoms with van der Waals surface area (Å²) in [7, 11) is 1.41. The van der Waals surface area contributed by atoms with Crippen molar-refractivity contribution in [2.45, 2.75) is 39.0 Å². The van der Waals surface area contributed by atoms with Crippen molar-refractivity contribution >= 4 is 12.0 Å². The van der Waals surface area contributed by atoms with Gasteiger partial charge in [0.2, 0.25) is 0 Å². The summed E-state index contributed by atoms with van der Waals surface area (Å²) < 4.78 is 4.62. The average Bonchev–Trinajstić information content (AvgIpc) is 2.68. The first-order chi connectivity index (χ1) is 12.7. The van der Waals surface area contributed by atoms with E-state index in [0.29, 0.717) is 6.42 Å². The predicted octanol–water partition coefficient (Wildman–Crippen LogP) is 0.261. The van der Waals surface area contributed by atoms with Gasteiger partial charge in [0.15, 0.2) is 0 Å². The summed E-state index contributed by atoms with van der Waals surface area (Å²) in [5.41, 5.74) is 1.35. The fourth-order valence-corrected chi connectivity index (χ4v) is 2.52. The molecule has 1 aromatic rings. The number of piperidine rings is 1. The molecule has 0 unspecified atom stereocenters. The van der Waals surface area contributed by atoms with Crippen LogP contribution in [0.4, 0.5) is 0 Å². The molecule has 0 aliphatic carbocycles. The van der Waals surface area contributed by atoms with Crippen molar-refractivity contribution in [3.05, 3.63) is 35.9 Å². The molecule has 0 spiro atoms. The molecule has 27 heavy (non-hydrogen) atoms. The van der Waals surface area contributed by atoms with E-state index in [1.807, 2.05) is 18.2 Å². The van der Waals surface area contributed by atoms with E-state index in [0.717, 1.165) is 24.5 Å². The summed E-state index contributed by atoms with van der Waals surface area (Å²) in [5, 5.41) is 23.4. The molecule has 1 heterocycles. The van der Waals surface area contributed by atoms with Gasteiger partial charge >= 0.3 is 29.6 Å². The SMILES string of the molecule is CC1CCNCC1.COOOSCCCc1ccccc1.OCCCO.[H-].[Na+]. The van der Waals surface area contributed by atoms with Gasteiger partial charge in [0.25, 0.3) is 0 Å². The van der Waals surface area contributed by atoms with Crippen molar-refractivity contribution in [1.29, 1.82) is 0 Å². The molecule has 2 rings (SSSR count). The van der Waals surface area contributed by atoms with Gasteiger partial charge in [-0.1, -0.05) is 42.3 Å².